The quantitative estimate of drug-likeness (QED) is 0.327. The average molecular weight is 460 g/mol. The molecule has 0 aliphatic rings. The van der Waals surface area contributed by atoms with Gasteiger partial charge in [0.05, 0.1) is 29.5 Å². The van der Waals surface area contributed by atoms with Gasteiger partial charge < -0.3 is 10.1 Å². The van der Waals surface area contributed by atoms with Gasteiger partial charge in [0.15, 0.2) is 5.16 Å². The predicted molar refractivity (Wildman–Crippen MR) is 132 cm³/mol. The van der Waals surface area contributed by atoms with Crippen molar-refractivity contribution >= 4 is 28.6 Å². The maximum absolute atomic E-state index is 13.5. The lowest BCUT2D eigenvalue weighted by atomic mass is 10.1. The van der Waals surface area contributed by atoms with Crippen molar-refractivity contribution in [3.8, 4) is 11.4 Å². The Morgan fingerprint density at radius 3 is 2.45 bits per heavy atom. The molecule has 0 aliphatic heterocycles. The van der Waals surface area contributed by atoms with Crippen molar-refractivity contribution in [2.24, 2.45) is 0 Å². The zero-order valence-corrected chi connectivity index (χ0v) is 19.6. The molecule has 3 aromatic carbocycles. The number of nitrogens with one attached hydrogen (secondary N) is 1. The highest BCUT2D eigenvalue weighted by Crippen LogP contribution is 2.25. The predicted octanol–water partition coefficient (Wildman–Crippen LogP) is 4.42. The Hall–Kier alpha value is -3.58. The van der Waals surface area contributed by atoms with Crippen LogP contribution in [0.4, 0.5) is 0 Å². The van der Waals surface area contributed by atoms with Crippen LogP contribution in [-0.2, 0) is 11.3 Å². The molecule has 0 unspecified atom stereocenters. The number of nitrogens with zero attached hydrogens (tertiary/aromatic N) is 2. The number of carbonyl (C=O) groups excluding carboxylic acids is 1. The van der Waals surface area contributed by atoms with Crippen LogP contribution in [0, 0.1) is 13.8 Å². The molecule has 33 heavy (non-hydrogen) atoms. The van der Waals surface area contributed by atoms with E-state index in [1.54, 1.807) is 17.7 Å². The SMILES string of the molecule is COc1ccccc1CNC(=O)CSc1nc2ccccc2c(=O)n1-c1c(C)cccc1C. The number of aryl methyl sites for hydroxylation is 2. The molecule has 6 nitrogen and oxygen atoms in total. The molecule has 0 saturated heterocycles. The van der Waals surface area contributed by atoms with Gasteiger partial charge in [0.2, 0.25) is 5.91 Å². The number of thioether (sulfide) groups is 1. The molecule has 7 heteroatoms. The van der Waals surface area contributed by atoms with Crippen LogP contribution in [-0.4, -0.2) is 28.3 Å². The van der Waals surface area contributed by atoms with E-state index < -0.39 is 0 Å². The van der Waals surface area contributed by atoms with E-state index in [1.165, 1.54) is 11.8 Å². The number of hydrogen-bond acceptors (Lipinski definition) is 5. The molecule has 4 aromatic rings. The fourth-order valence-electron chi connectivity index (χ4n) is 3.79. The van der Waals surface area contributed by atoms with Gasteiger partial charge in [-0.3, -0.25) is 14.2 Å². The van der Waals surface area contributed by atoms with Crippen LogP contribution in [0.5, 0.6) is 5.75 Å². The molecule has 0 saturated carbocycles. The molecular weight excluding hydrogens is 434 g/mol. The van der Waals surface area contributed by atoms with Crippen LogP contribution in [0.15, 0.2) is 76.7 Å². The molecule has 1 aromatic heterocycles. The van der Waals surface area contributed by atoms with Gasteiger partial charge in [-0.1, -0.05) is 60.3 Å². The number of hydrogen-bond donors (Lipinski definition) is 1. The third-order valence-corrected chi connectivity index (χ3v) is 6.35. The summed E-state index contributed by atoms with van der Waals surface area (Å²) >= 11 is 1.25. The lowest BCUT2D eigenvalue weighted by Crippen LogP contribution is -2.27. The minimum absolute atomic E-state index is 0.130. The molecule has 0 radical (unpaired) electrons. The van der Waals surface area contributed by atoms with E-state index in [1.807, 2.05) is 74.5 Å². The molecule has 0 fully saturated rings. The van der Waals surface area contributed by atoms with Crippen molar-refractivity contribution in [1.82, 2.24) is 14.9 Å². The number of aromatic nitrogens is 2. The lowest BCUT2D eigenvalue weighted by Gasteiger charge is -2.17. The summed E-state index contributed by atoms with van der Waals surface area (Å²) in [6.45, 7) is 4.30. The topological polar surface area (TPSA) is 73.2 Å². The molecule has 0 bridgehead atoms. The molecule has 4 rings (SSSR count). The van der Waals surface area contributed by atoms with Crippen molar-refractivity contribution in [2.75, 3.05) is 12.9 Å². The monoisotopic (exact) mass is 459 g/mol. The average Bonchev–Trinajstić information content (AvgIpc) is 2.83. The summed E-state index contributed by atoms with van der Waals surface area (Å²) in [7, 11) is 1.61. The van der Waals surface area contributed by atoms with E-state index in [9.17, 15) is 9.59 Å². The molecule has 0 atom stereocenters. The first-order chi connectivity index (χ1) is 16.0. The summed E-state index contributed by atoms with van der Waals surface area (Å²) in [6, 6.07) is 20.8. The summed E-state index contributed by atoms with van der Waals surface area (Å²) in [5.74, 6) is 0.706. The molecule has 1 amide bonds. The Morgan fingerprint density at radius 1 is 1.00 bits per heavy atom. The van der Waals surface area contributed by atoms with Gasteiger partial charge >= 0.3 is 0 Å². The Balaban J connectivity index is 1.63. The molecule has 0 aliphatic carbocycles. The third kappa shape index (κ3) is 4.78. The van der Waals surface area contributed by atoms with Gasteiger partial charge in [0.25, 0.3) is 5.56 Å². The maximum Gasteiger partial charge on any atom is 0.266 e. The molecule has 1 heterocycles. The van der Waals surface area contributed by atoms with Crippen molar-refractivity contribution < 1.29 is 9.53 Å². The van der Waals surface area contributed by atoms with E-state index in [0.29, 0.717) is 22.6 Å². The summed E-state index contributed by atoms with van der Waals surface area (Å²) in [4.78, 5) is 30.8. The van der Waals surface area contributed by atoms with Crippen molar-refractivity contribution in [2.45, 2.75) is 25.5 Å². The van der Waals surface area contributed by atoms with Crippen LogP contribution in [0.1, 0.15) is 16.7 Å². The Labute approximate surface area is 196 Å². The third-order valence-electron chi connectivity index (χ3n) is 5.41. The molecule has 0 spiro atoms. The van der Waals surface area contributed by atoms with Gasteiger partial charge in [-0.05, 0) is 43.2 Å². The molecular formula is C26H25N3O3S. The number of carbonyl (C=O) groups is 1. The highest BCUT2D eigenvalue weighted by atomic mass is 32.2. The zero-order chi connectivity index (χ0) is 23.4. The van der Waals surface area contributed by atoms with Crippen LogP contribution < -0.4 is 15.6 Å². The second kappa shape index (κ2) is 9.92. The number of amides is 1. The highest BCUT2D eigenvalue weighted by molar-refractivity contribution is 7.99. The fraction of sp³-hybridized carbons (Fsp3) is 0.192. The summed E-state index contributed by atoms with van der Waals surface area (Å²) in [5.41, 5.74) is 4.11. The Kier molecular flexibility index (Phi) is 6.79. The molecule has 168 valence electrons. The summed E-state index contributed by atoms with van der Waals surface area (Å²) < 4.78 is 6.97. The number of benzene rings is 3. The first-order valence-corrected chi connectivity index (χ1v) is 11.6. The number of para-hydroxylation sites is 3. The van der Waals surface area contributed by atoms with Crippen molar-refractivity contribution in [3.63, 3.8) is 0 Å². The number of fused-ring (bicyclic) bond motifs is 1. The van der Waals surface area contributed by atoms with Crippen LogP contribution >= 0.6 is 11.8 Å². The normalized spacial score (nSPS) is 10.9. The molecule has 1 N–H and O–H groups in total. The number of rotatable bonds is 7. The van der Waals surface area contributed by atoms with Gasteiger partial charge in [-0.15, -0.1) is 0 Å². The number of methoxy groups -OCH3 is 1. The van der Waals surface area contributed by atoms with E-state index in [-0.39, 0.29) is 17.2 Å². The largest absolute Gasteiger partial charge is 0.496 e. The minimum Gasteiger partial charge on any atom is -0.496 e. The van der Waals surface area contributed by atoms with Crippen molar-refractivity contribution in [3.05, 3.63) is 93.8 Å². The first-order valence-electron chi connectivity index (χ1n) is 10.6. The van der Waals surface area contributed by atoms with Gasteiger partial charge in [0.1, 0.15) is 5.75 Å². The van der Waals surface area contributed by atoms with Gasteiger partial charge in [-0.2, -0.15) is 0 Å². The standard InChI is InChI=1S/C26H25N3O3S/c1-17-9-8-10-18(2)24(17)29-25(31)20-12-5-6-13-21(20)28-26(29)33-16-23(30)27-15-19-11-4-7-14-22(19)32-3/h4-14H,15-16H2,1-3H3,(H,27,30). The van der Waals surface area contributed by atoms with E-state index in [2.05, 4.69) is 5.32 Å². The second-order valence-electron chi connectivity index (χ2n) is 7.67. The second-order valence-corrected chi connectivity index (χ2v) is 8.61. The summed E-state index contributed by atoms with van der Waals surface area (Å²) in [6.07, 6.45) is 0. The van der Waals surface area contributed by atoms with Gasteiger partial charge in [-0.25, -0.2) is 4.98 Å². The minimum atomic E-state index is -0.152. The lowest BCUT2D eigenvalue weighted by molar-refractivity contribution is -0.118. The van der Waals surface area contributed by atoms with E-state index >= 15 is 0 Å². The van der Waals surface area contributed by atoms with Crippen LogP contribution in [0.3, 0.4) is 0 Å². The maximum atomic E-state index is 13.5. The van der Waals surface area contributed by atoms with E-state index in [4.69, 9.17) is 9.72 Å². The number of ether oxygens (including phenoxy) is 1. The van der Waals surface area contributed by atoms with Crippen LogP contribution in [0.2, 0.25) is 0 Å². The Bertz CT molecular complexity index is 1360. The highest BCUT2D eigenvalue weighted by Gasteiger charge is 2.17. The van der Waals surface area contributed by atoms with Crippen molar-refractivity contribution in [1.29, 1.82) is 0 Å². The smallest absolute Gasteiger partial charge is 0.266 e. The summed E-state index contributed by atoms with van der Waals surface area (Å²) in [5, 5.41) is 3.96. The van der Waals surface area contributed by atoms with Gasteiger partial charge in [0, 0.05) is 12.1 Å². The fourth-order valence-corrected chi connectivity index (χ4v) is 4.62. The zero-order valence-electron chi connectivity index (χ0n) is 18.8. The van der Waals surface area contributed by atoms with Crippen LogP contribution in [0.25, 0.3) is 16.6 Å². The Morgan fingerprint density at radius 2 is 1.70 bits per heavy atom. The first kappa shape index (κ1) is 22.6. The van der Waals surface area contributed by atoms with E-state index in [0.717, 1.165) is 28.1 Å².